The van der Waals surface area contributed by atoms with Crippen LogP contribution in [0.4, 0.5) is 4.79 Å². The number of hydrogen-bond acceptors (Lipinski definition) is 5. The van der Waals surface area contributed by atoms with Crippen molar-refractivity contribution in [1.82, 2.24) is 4.90 Å². The summed E-state index contributed by atoms with van der Waals surface area (Å²) >= 11 is 0. The van der Waals surface area contributed by atoms with E-state index in [1.54, 1.807) is 4.90 Å². The first-order valence-corrected chi connectivity index (χ1v) is 15.2. The van der Waals surface area contributed by atoms with E-state index in [1.807, 2.05) is 45.0 Å². The topological polar surface area (TPSA) is 57.2 Å². The lowest BCUT2D eigenvalue weighted by molar-refractivity contribution is -0.604. The average molecular weight is 492 g/mol. The van der Waals surface area contributed by atoms with Crippen molar-refractivity contribution in [3.8, 4) is 5.75 Å². The molecule has 0 N–H and O–H groups in total. The molecule has 1 aromatic rings. The van der Waals surface area contributed by atoms with Gasteiger partial charge in [0.15, 0.2) is 5.60 Å². The number of carbonyl (C=O) groups is 1. The van der Waals surface area contributed by atoms with Crippen LogP contribution in [0.3, 0.4) is 0 Å². The van der Waals surface area contributed by atoms with Gasteiger partial charge in [0.2, 0.25) is 14.0 Å². The van der Waals surface area contributed by atoms with Crippen molar-refractivity contribution in [2.75, 3.05) is 6.54 Å². The molecule has 1 aromatic carbocycles. The molecule has 2 unspecified atom stereocenters. The van der Waals surface area contributed by atoms with Crippen LogP contribution in [0.15, 0.2) is 24.3 Å². The maximum absolute atomic E-state index is 13.6. The summed E-state index contributed by atoms with van der Waals surface area (Å²) in [6.07, 6.45) is -0.411. The van der Waals surface area contributed by atoms with Gasteiger partial charge in [0.05, 0.1) is 0 Å². The zero-order valence-corrected chi connectivity index (χ0v) is 24.5. The Bertz CT molecular complexity index is 953. The number of fused-ring (bicyclic) bond motifs is 1. The molecular weight excluding hydrogens is 446 g/mol. The van der Waals surface area contributed by atoms with Gasteiger partial charge in [0.1, 0.15) is 11.4 Å². The molecule has 0 spiro atoms. The predicted molar refractivity (Wildman–Crippen MR) is 137 cm³/mol. The van der Waals surface area contributed by atoms with Gasteiger partial charge < -0.3 is 9.16 Å². The van der Waals surface area contributed by atoms with Crippen molar-refractivity contribution in [3.63, 3.8) is 0 Å². The number of hydrogen-bond donors (Lipinski definition) is 0. The van der Waals surface area contributed by atoms with Crippen molar-refractivity contribution in [2.45, 2.75) is 111 Å². The average Bonchev–Trinajstić information content (AvgIpc) is 2.71. The molecule has 2 atom stereocenters. The van der Waals surface area contributed by atoms with Crippen LogP contribution in [0, 0.1) is 10.8 Å². The molecule has 3 rings (SSSR count). The molecule has 2 fully saturated rings. The monoisotopic (exact) mass is 491 g/mol. The zero-order valence-electron chi connectivity index (χ0n) is 23.5. The van der Waals surface area contributed by atoms with E-state index < -0.39 is 36.8 Å². The Balaban J connectivity index is 2.18. The molecule has 6 nitrogen and oxygen atoms in total. The van der Waals surface area contributed by atoms with Gasteiger partial charge in [-0.1, -0.05) is 67.5 Å². The van der Waals surface area contributed by atoms with Gasteiger partial charge in [-0.15, -0.1) is 0 Å². The minimum atomic E-state index is -2.06. The lowest BCUT2D eigenvalue weighted by atomic mass is 9.57. The Kier molecular flexibility index (Phi) is 6.13. The van der Waals surface area contributed by atoms with E-state index in [0.717, 1.165) is 11.3 Å². The normalized spacial score (nSPS) is 27.1. The fourth-order valence-corrected chi connectivity index (χ4v) is 6.43. The standard InChI is InChI=1S/C27H45NO5Si/c1-22(2,3)27-25(10,11)18-28(21(29)30-23(4,5)6)26(27,32-33-27)19-15-14-16-20(17-19)31-34(12,13)24(7,8)9/h14-17H,18H2,1-13H3. The Morgan fingerprint density at radius 1 is 1.00 bits per heavy atom. The maximum Gasteiger partial charge on any atom is 0.413 e. The van der Waals surface area contributed by atoms with E-state index in [1.165, 1.54) is 0 Å². The third kappa shape index (κ3) is 3.88. The highest BCUT2D eigenvalue weighted by Gasteiger charge is 2.84. The van der Waals surface area contributed by atoms with Crippen LogP contribution in [0.25, 0.3) is 0 Å². The van der Waals surface area contributed by atoms with E-state index in [9.17, 15) is 4.79 Å². The summed E-state index contributed by atoms with van der Waals surface area (Å²) in [5.74, 6) is 0.783. The molecule has 0 saturated carbocycles. The molecule has 192 valence electrons. The number of ether oxygens (including phenoxy) is 1. The molecule has 2 aliphatic rings. The van der Waals surface area contributed by atoms with Gasteiger partial charge in [-0.05, 0) is 51.0 Å². The number of rotatable bonds is 3. The van der Waals surface area contributed by atoms with Crippen LogP contribution in [0.2, 0.25) is 18.1 Å². The van der Waals surface area contributed by atoms with Gasteiger partial charge in [-0.2, -0.15) is 4.89 Å². The molecule has 0 bridgehead atoms. The summed E-state index contributed by atoms with van der Waals surface area (Å²) in [6, 6.07) is 7.97. The van der Waals surface area contributed by atoms with Gasteiger partial charge in [-0.25, -0.2) is 9.68 Å². The van der Waals surface area contributed by atoms with Crippen LogP contribution in [0.5, 0.6) is 5.75 Å². The molecule has 2 saturated heterocycles. The number of nitrogens with zero attached hydrogens (tertiary/aromatic N) is 1. The predicted octanol–water partition coefficient (Wildman–Crippen LogP) is 7.25. The summed E-state index contributed by atoms with van der Waals surface area (Å²) in [4.78, 5) is 27.5. The summed E-state index contributed by atoms with van der Waals surface area (Å²) in [6.45, 7) is 27.9. The Morgan fingerprint density at radius 2 is 1.59 bits per heavy atom. The molecule has 34 heavy (non-hydrogen) atoms. The fourth-order valence-electron chi connectivity index (χ4n) is 5.41. The first-order chi connectivity index (χ1) is 15.1. The van der Waals surface area contributed by atoms with Crippen LogP contribution >= 0.6 is 0 Å². The summed E-state index contributed by atoms with van der Waals surface area (Å²) < 4.78 is 12.5. The van der Waals surface area contributed by atoms with Crippen molar-refractivity contribution < 1.29 is 23.7 Å². The smallest absolute Gasteiger partial charge is 0.413 e. The molecule has 0 aromatic heterocycles. The lowest BCUT2D eigenvalue weighted by Gasteiger charge is -2.63. The Morgan fingerprint density at radius 3 is 2.03 bits per heavy atom. The van der Waals surface area contributed by atoms with Crippen molar-refractivity contribution in [2.24, 2.45) is 10.8 Å². The maximum atomic E-state index is 13.6. The first kappa shape index (κ1) is 27.0. The molecule has 0 aliphatic carbocycles. The second-order valence-corrected chi connectivity index (χ2v) is 18.8. The number of likely N-dealkylation sites (tertiary alicyclic amines) is 1. The lowest BCUT2D eigenvalue weighted by Crippen LogP contribution is -2.75. The molecule has 1 amide bonds. The fraction of sp³-hybridized carbons (Fsp3) is 0.741. The van der Waals surface area contributed by atoms with Crippen LogP contribution in [-0.2, 0) is 20.2 Å². The van der Waals surface area contributed by atoms with E-state index in [2.05, 4.69) is 68.5 Å². The van der Waals surface area contributed by atoms with E-state index >= 15 is 0 Å². The van der Waals surface area contributed by atoms with E-state index in [-0.39, 0.29) is 10.5 Å². The highest BCUT2D eigenvalue weighted by atomic mass is 28.4. The number of amides is 1. The quantitative estimate of drug-likeness (QED) is 0.329. The van der Waals surface area contributed by atoms with Gasteiger partial charge in [0.25, 0.3) is 0 Å². The summed E-state index contributed by atoms with van der Waals surface area (Å²) in [5.41, 5.74) is -2.48. The van der Waals surface area contributed by atoms with Gasteiger partial charge in [0, 0.05) is 22.9 Å². The van der Waals surface area contributed by atoms with Crippen LogP contribution in [-0.4, -0.2) is 37.1 Å². The van der Waals surface area contributed by atoms with E-state index in [0.29, 0.717) is 6.54 Å². The van der Waals surface area contributed by atoms with Gasteiger partial charge in [-0.3, -0.25) is 4.90 Å². The Hall–Kier alpha value is -1.57. The minimum Gasteiger partial charge on any atom is -0.543 e. The summed E-state index contributed by atoms with van der Waals surface area (Å²) in [5, 5.41) is 0.0600. The highest BCUT2D eigenvalue weighted by Crippen LogP contribution is 2.70. The number of benzene rings is 1. The highest BCUT2D eigenvalue weighted by molar-refractivity contribution is 6.74. The molecule has 2 aliphatic heterocycles. The third-order valence-corrected chi connectivity index (χ3v) is 12.1. The number of carbonyl (C=O) groups excluding carboxylic acids is 1. The second kappa shape index (κ2) is 7.71. The SMILES string of the molecule is CC(C)(C)OC(=O)N1CC(C)(C)C2(C(C)(C)C)OOC12c1cccc(O[Si](C)(C)C(C)(C)C)c1. The molecule has 2 heterocycles. The van der Waals surface area contributed by atoms with Crippen molar-refractivity contribution in [3.05, 3.63) is 29.8 Å². The van der Waals surface area contributed by atoms with Crippen molar-refractivity contribution in [1.29, 1.82) is 0 Å². The third-order valence-electron chi connectivity index (χ3n) is 7.73. The Labute approximate surface area is 207 Å². The molecule has 0 radical (unpaired) electrons. The van der Waals surface area contributed by atoms with Gasteiger partial charge >= 0.3 is 6.09 Å². The van der Waals surface area contributed by atoms with Crippen LogP contribution in [0.1, 0.15) is 81.7 Å². The van der Waals surface area contributed by atoms with Crippen molar-refractivity contribution >= 4 is 14.4 Å². The largest absolute Gasteiger partial charge is 0.543 e. The second-order valence-electron chi connectivity index (χ2n) is 14.1. The summed E-state index contributed by atoms with van der Waals surface area (Å²) in [7, 11) is -2.06. The zero-order chi connectivity index (χ0) is 26.2. The minimum absolute atomic E-state index is 0.0600. The first-order valence-electron chi connectivity index (χ1n) is 12.3. The molecular formula is C27H45NO5Si. The van der Waals surface area contributed by atoms with E-state index in [4.69, 9.17) is 18.9 Å². The molecule has 7 heteroatoms. The van der Waals surface area contributed by atoms with Crippen LogP contribution < -0.4 is 4.43 Å².